The van der Waals surface area contributed by atoms with Crippen LogP contribution in [0.25, 0.3) is 0 Å². The number of morpholine rings is 1. The van der Waals surface area contributed by atoms with Gasteiger partial charge in [0.25, 0.3) is 0 Å². The number of benzene rings is 1. The van der Waals surface area contributed by atoms with Crippen LogP contribution in [-0.2, 0) is 4.74 Å². The molecule has 2 N–H and O–H groups in total. The molecule has 1 aromatic heterocycles. The van der Waals surface area contributed by atoms with Gasteiger partial charge in [0.1, 0.15) is 0 Å². The Kier molecular flexibility index (Phi) is 5.89. The lowest BCUT2D eigenvalue weighted by atomic mass is 10.2. The van der Waals surface area contributed by atoms with Crippen LogP contribution in [0, 0.1) is 0 Å². The van der Waals surface area contributed by atoms with E-state index in [0.29, 0.717) is 36.8 Å². The first-order chi connectivity index (χ1) is 14.2. The van der Waals surface area contributed by atoms with Gasteiger partial charge in [0, 0.05) is 26.2 Å². The molecule has 0 unspecified atom stereocenters. The van der Waals surface area contributed by atoms with Crippen molar-refractivity contribution in [2.24, 2.45) is 5.10 Å². The van der Waals surface area contributed by atoms with Crippen LogP contribution in [0.5, 0.6) is 11.5 Å². The van der Waals surface area contributed by atoms with Gasteiger partial charge >= 0.3 is 0 Å². The van der Waals surface area contributed by atoms with E-state index in [0.717, 1.165) is 44.6 Å². The van der Waals surface area contributed by atoms with Crippen LogP contribution in [-0.4, -0.2) is 72.8 Å². The summed E-state index contributed by atoms with van der Waals surface area (Å²) in [6, 6.07) is 5.00. The van der Waals surface area contributed by atoms with Gasteiger partial charge in [-0.15, -0.1) is 0 Å². The normalized spacial score (nSPS) is 17.1. The second-order valence-corrected chi connectivity index (χ2v) is 6.85. The fourth-order valence-electron chi connectivity index (χ4n) is 3.31. The molecule has 1 aromatic carbocycles. The maximum absolute atomic E-state index is 9.70. The standard InChI is InChI=1S/C19H25N7O3/c1-28-16-12-14(4-5-15(16)27)13-20-24-17-21-18(25-6-2-3-7-25)23-19(22-17)26-8-10-29-11-9-26/h4-5,12-13,27H,2-3,6-11H2,1H3,(H,21,22,23,24). The third-order valence-electron chi connectivity index (χ3n) is 4.88. The van der Waals surface area contributed by atoms with Crippen molar-refractivity contribution in [1.82, 2.24) is 15.0 Å². The second kappa shape index (κ2) is 8.91. The molecule has 0 bridgehead atoms. The molecule has 10 heteroatoms. The summed E-state index contributed by atoms with van der Waals surface area (Å²) < 4.78 is 10.6. The number of anilines is 3. The number of methoxy groups -OCH3 is 1. The minimum Gasteiger partial charge on any atom is -0.504 e. The molecule has 2 saturated heterocycles. The first-order valence-electron chi connectivity index (χ1n) is 9.73. The van der Waals surface area contributed by atoms with E-state index in [-0.39, 0.29) is 5.75 Å². The van der Waals surface area contributed by atoms with Crippen molar-refractivity contribution in [2.75, 3.05) is 61.7 Å². The number of rotatable bonds is 6. The van der Waals surface area contributed by atoms with Gasteiger partial charge < -0.3 is 24.4 Å². The van der Waals surface area contributed by atoms with Gasteiger partial charge in [0.2, 0.25) is 17.8 Å². The van der Waals surface area contributed by atoms with Gasteiger partial charge in [-0.05, 0) is 36.6 Å². The molecule has 29 heavy (non-hydrogen) atoms. The monoisotopic (exact) mass is 399 g/mol. The number of hydrogen-bond acceptors (Lipinski definition) is 10. The van der Waals surface area contributed by atoms with Crippen LogP contribution in [0.3, 0.4) is 0 Å². The van der Waals surface area contributed by atoms with Crippen molar-refractivity contribution in [3.05, 3.63) is 23.8 Å². The maximum Gasteiger partial charge on any atom is 0.250 e. The first kappa shape index (κ1) is 19.2. The largest absolute Gasteiger partial charge is 0.504 e. The van der Waals surface area contributed by atoms with Gasteiger partial charge in [0.05, 0.1) is 26.5 Å². The lowest BCUT2D eigenvalue weighted by Gasteiger charge is -2.27. The highest BCUT2D eigenvalue weighted by atomic mass is 16.5. The van der Waals surface area contributed by atoms with Crippen LogP contribution in [0.4, 0.5) is 17.8 Å². The summed E-state index contributed by atoms with van der Waals surface area (Å²) in [5.74, 6) is 2.17. The van der Waals surface area contributed by atoms with E-state index in [1.807, 2.05) is 0 Å². The molecule has 2 aliphatic rings. The number of phenols is 1. The second-order valence-electron chi connectivity index (χ2n) is 6.85. The highest BCUT2D eigenvalue weighted by molar-refractivity contribution is 5.81. The van der Waals surface area contributed by atoms with Crippen molar-refractivity contribution in [3.8, 4) is 11.5 Å². The number of nitrogens with one attached hydrogen (secondary N) is 1. The van der Waals surface area contributed by atoms with E-state index in [4.69, 9.17) is 9.47 Å². The molecular formula is C19H25N7O3. The fourth-order valence-corrected chi connectivity index (χ4v) is 3.31. The number of phenolic OH excluding ortho intramolecular Hbond substituents is 1. The van der Waals surface area contributed by atoms with Crippen molar-refractivity contribution in [1.29, 1.82) is 0 Å². The first-order valence-corrected chi connectivity index (χ1v) is 9.73. The smallest absolute Gasteiger partial charge is 0.250 e. The maximum atomic E-state index is 9.70. The molecule has 2 fully saturated rings. The number of hydrogen-bond donors (Lipinski definition) is 2. The Bertz CT molecular complexity index is 865. The summed E-state index contributed by atoms with van der Waals surface area (Å²) >= 11 is 0. The minimum absolute atomic E-state index is 0.0838. The van der Waals surface area contributed by atoms with E-state index < -0.39 is 0 Å². The summed E-state index contributed by atoms with van der Waals surface area (Å²) in [5, 5.41) is 13.9. The Balaban J connectivity index is 1.54. The SMILES string of the molecule is COc1cc(C=NNc2nc(N3CCCC3)nc(N3CCOCC3)n2)ccc1O. The Labute approximate surface area is 169 Å². The molecule has 0 amide bonds. The van der Waals surface area contributed by atoms with Gasteiger partial charge in [-0.3, -0.25) is 0 Å². The summed E-state index contributed by atoms with van der Waals surface area (Å²) in [6.07, 6.45) is 3.90. The number of hydrazone groups is 1. The van der Waals surface area contributed by atoms with Crippen LogP contribution in [0.2, 0.25) is 0 Å². The number of nitrogens with zero attached hydrogens (tertiary/aromatic N) is 6. The van der Waals surface area contributed by atoms with E-state index in [1.54, 1.807) is 24.4 Å². The average molecular weight is 399 g/mol. The topological polar surface area (TPSA) is 108 Å². The minimum atomic E-state index is 0.0838. The predicted octanol–water partition coefficient (Wildman–Crippen LogP) is 1.47. The Morgan fingerprint density at radius 2 is 1.76 bits per heavy atom. The highest BCUT2D eigenvalue weighted by Crippen LogP contribution is 2.25. The lowest BCUT2D eigenvalue weighted by Crippen LogP contribution is -2.38. The Hall–Kier alpha value is -3.14. The zero-order valence-corrected chi connectivity index (χ0v) is 16.4. The Morgan fingerprint density at radius 1 is 1.07 bits per heavy atom. The summed E-state index contributed by atoms with van der Waals surface area (Å²) in [7, 11) is 1.51. The lowest BCUT2D eigenvalue weighted by molar-refractivity contribution is 0.122. The molecule has 10 nitrogen and oxygen atoms in total. The summed E-state index contributed by atoms with van der Waals surface area (Å²) in [5.41, 5.74) is 3.68. The Morgan fingerprint density at radius 3 is 2.45 bits per heavy atom. The summed E-state index contributed by atoms with van der Waals surface area (Å²) in [6.45, 7) is 4.72. The van der Waals surface area contributed by atoms with Crippen molar-refractivity contribution < 1.29 is 14.6 Å². The predicted molar refractivity (Wildman–Crippen MR) is 110 cm³/mol. The number of aromatic hydroxyl groups is 1. The third kappa shape index (κ3) is 4.65. The summed E-state index contributed by atoms with van der Waals surface area (Å²) in [4.78, 5) is 18.0. The molecule has 0 spiro atoms. The van der Waals surface area contributed by atoms with Crippen LogP contribution in [0.1, 0.15) is 18.4 Å². The fraction of sp³-hybridized carbons (Fsp3) is 0.474. The van der Waals surface area contributed by atoms with Gasteiger partial charge in [0.15, 0.2) is 11.5 Å². The van der Waals surface area contributed by atoms with E-state index in [1.165, 1.54) is 7.11 Å². The molecule has 0 atom stereocenters. The van der Waals surface area contributed by atoms with Crippen molar-refractivity contribution >= 4 is 24.1 Å². The van der Waals surface area contributed by atoms with Gasteiger partial charge in [-0.1, -0.05) is 0 Å². The van der Waals surface area contributed by atoms with E-state index in [9.17, 15) is 5.11 Å². The van der Waals surface area contributed by atoms with Crippen molar-refractivity contribution in [2.45, 2.75) is 12.8 Å². The molecule has 154 valence electrons. The van der Waals surface area contributed by atoms with Crippen molar-refractivity contribution in [3.63, 3.8) is 0 Å². The molecule has 2 aliphatic heterocycles. The molecule has 3 heterocycles. The van der Waals surface area contributed by atoms with Crippen LogP contribution < -0.4 is 20.0 Å². The number of ether oxygens (including phenoxy) is 2. The molecule has 0 radical (unpaired) electrons. The van der Waals surface area contributed by atoms with Crippen LogP contribution in [0.15, 0.2) is 23.3 Å². The quantitative estimate of drug-likeness (QED) is 0.551. The van der Waals surface area contributed by atoms with Gasteiger partial charge in [-0.2, -0.15) is 20.1 Å². The van der Waals surface area contributed by atoms with Crippen LogP contribution >= 0.6 is 0 Å². The number of aromatic nitrogens is 3. The zero-order valence-electron chi connectivity index (χ0n) is 16.4. The highest BCUT2D eigenvalue weighted by Gasteiger charge is 2.21. The molecular weight excluding hydrogens is 374 g/mol. The van der Waals surface area contributed by atoms with E-state index >= 15 is 0 Å². The molecule has 0 aliphatic carbocycles. The average Bonchev–Trinajstić information content (AvgIpc) is 3.30. The third-order valence-corrected chi connectivity index (χ3v) is 4.88. The van der Waals surface area contributed by atoms with E-state index in [2.05, 4.69) is 35.3 Å². The zero-order chi connectivity index (χ0) is 20.1. The molecule has 4 rings (SSSR count). The molecule has 0 saturated carbocycles. The van der Waals surface area contributed by atoms with Gasteiger partial charge in [-0.25, -0.2) is 5.43 Å². The molecule has 2 aromatic rings.